The maximum absolute atomic E-state index is 12.7. The number of carbonyl (C=O) groups excluding carboxylic acids is 2. The molecule has 1 aliphatic heterocycles. The van der Waals surface area contributed by atoms with E-state index in [0.29, 0.717) is 17.9 Å². The van der Waals surface area contributed by atoms with Gasteiger partial charge in [-0.05, 0) is 79.4 Å². The zero-order valence-electron chi connectivity index (χ0n) is 19.6. The number of amides is 2. The summed E-state index contributed by atoms with van der Waals surface area (Å²) in [6.45, 7) is 4.72. The van der Waals surface area contributed by atoms with Gasteiger partial charge in [0.1, 0.15) is 11.1 Å². The molecule has 0 aliphatic carbocycles. The molecule has 3 aromatic carbocycles. The average molecular weight is 475 g/mol. The molecular formula is C28H30N2O3S. The second-order valence-electron chi connectivity index (χ2n) is 8.23. The van der Waals surface area contributed by atoms with Gasteiger partial charge in [0, 0.05) is 16.9 Å². The van der Waals surface area contributed by atoms with E-state index in [2.05, 4.69) is 12.2 Å². The van der Waals surface area contributed by atoms with E-state index in [0.717, 1.165) is 42.0 Å². The van der Waals surface area contributed by atoms with Crippen molar-refractivity contribution in [2.75, 3.05) is 22.6 Å². The highest BCUT2D eigenvalue weighted by Crippen LogP contribution is 2.42. The molecule has 4 rings (SSSR count). The molecule has 0 unspecified atom stereocenters. The number of anilines is 2. The molecule has 176 valence electrons. The summed E-state index contributed by atoms with van der Waals surface area (Å²) in [5.41, 5.74) is 4.49. The summed E-state index contributed by atoms with van der Waals surface area (Å²) in [6.07, 6.45) is 3.34. The third kappa shape index (κ3) is 5.62. The Morgan fingerprint density at radius 2 is 1.71 bits per heavy atom. The highest BCUT2D eigenvalue weighted by molar-refractivity contribution is 8.00. The molecule has 0 aromatic heterocycles. The Bertz CT molecular complexity index is 1110. The molecule has 6 heteroatoms. The van der Waals surface area contributed by atoms with Crippen LogP contribution < -0.4 is 15.0 Å². The lowest BCUT2D eigenvalue weighted by molar-refractivity contribution is -0.115. The second kappa shape index (κ2) is 11.3. The Labute approximate surface area is 205 Å². The van der Waals surface area contributed by atoms with Gasteiger partial charge in [-0.2, -0.15) is 0 Å². The number of carbonyl (C=O) groups is 2. The molecule has 1 aliphatic rings. The number of thioether (sulfide) groups is 1. The predicted octanol–water partition coefficient (Wildman–Crippen LogP) is 6.46. The molecule has 0 radical (unpaired) electrons. The number of benzene rings is 3. The number of nitrogens with one attached hydrogen (secondary N) is 1. The van der Waals surface area contributed by atoms with Crippen LogP contribution in [0.25, 0.3) is 0 Å². The number of rotatable bonds is 9. The smallest absolute Gasteiger partial charge is 0.255 e. The first kappa shape index (κ1) is 23.9. The monoisotopic (exact) mass is 474 g/mol. The summed E-state index contributed by atoms with van der Waals surface area (Å²) < 4.78 is 5.52. The quantitative estimate of drug-likeness (QED) is 0.387. The van der Waals surface area contributed by atoms with Crippen molar-refractivity contribution in [2.24, 2.45) is 0 Å². The zero-order valence-corrected chi connectivity index (χ0v) is 20.4. The lowest BCUT2D eigenvalue weighted by Gasteiger charge is -2.24. The van der Waals surface area contributed by atoms with Crippen LogP contribution in [-0.2, 0) is 11.2 Å². The van der Waals surface area contributed by atoms with Gasteiger partial charge < -0.3 is 10.1 Å². The fraction of sp³-hybridized carbons (Fsp3) is 0.286. The van der Waals surface area contributed by atoms with E-state index < -0.39 is 0 Å². The van der Waals surface area contributed by atoms with Crippen molar-refractivity contribution in [2.45, 2.75) is 38.5 Å². The molecule has 1 fully saturated rings. The van der Waals surface area contributed by atoms with Crippen molar-refractivity contribution >= 4 is 35.0 Å². The molecule has 0 spiro atoms. The molecule has 5 nitrogen and oxygen atoms in total. The molecule has 1 atom stereocenters. The van der Waals surface area contributed by atoms with E-state index in [9.17, 15) is 9.59 Å². The largest absolute Gasteiger partial charge is 0.494 e. The Balaban J connectivity index is 1.43. The number of hydrogen-bond donors (Lipinski definition) is 1. The van der Waals surface area contributed by atoms with Crippen molar-refractivity contribution < 1.29 is 14.3 Å². The minimum atomic E-state index is -0.128. The Hall–Kier alpha value is -3.25. The van der Waals surface area contributed by atoms with Crippen LogP contribution in [-0.4, -0.2) is 24.2 Å². The molecular weight excluding hydrogens is 444 g/mol. The van der Waals surface area contributed by atoms with Gasteiger partial charge in [-0.1, -0.05) is 37.6 Å². The van der Waals surface area contributed by atoms with E-state index in [1.165, 1.54) is 5.56 Å². The molecule has 1 heterocycles. The van der Waals surface area contributed by atoms with Crippen LogP contribution in [0.1, 0.15) is 53.5 Å². The fourth-order valence-electron chi connectivity index (χ4n) is 3.96. The van der Waals surface area contributed by atoms with Crippen LogP contribution in [0.3, 0.4) is 0 Å². The SMILES string of the molecule is CCCCc1ccc(C(=O)Nc2ccc([C@H]3SCC(=O)N3c3ccc(OCC)cc3)cc2)cc1. The van der Waals surface area contributed by atoms with Crippen LogP contribution in [0.2, 0.25) is 0 Å². The van der Waals surface area contributed by atoms with Crippen LogP contribution in [0, 0.1) is 0 Å². The van der Waals surface area contributed by atoms with E-state index in [1.54, 1.807) is 11.8 Å². The third-order valence-corrected chi connectivity index (χ3v) is 6.99. The molecule has 34 heavy (non-hydrogen) atoms. The van der Waals surface area contributed by atoms with E-state index in [-0.39, 0.29) is 17.2 Å². The van der Waals surface area contributed by atoms with Gasteiger partial charge in [0.05, 0.1) is 12.4 Å². The zero-order chi connectivity index (χ0) is 23.9. The number of aryl methyl sites for hydroxylation is 1. The molecule has 3 aromatic rings. The van der Waals surface area contributed by atoms with Gasteiger partial charge in [0.25, 0.3) is 5.91 Å². The lowest BCUT2D eigenvalue weighted by Crippen LogP contribution is -2.27. The number of unbranched alkanes of at least 4 members (excludes halogenated alkanes) is 1. The van der Waals surface area contributed by atoms with Gasteiger partial charge in [-0.3, -0.25) is 14.5 Å². The van der Waals surface area contributed by atoms with Crippen molar-refractivity contribution in [3.8, 4) is 5.75 Å². The highest BCUT2D eigenvalue weighted by atomic mass is 32.2. The third-order valence-electron chi connectivity index (χ3n) is 5.78. The topological polar surface area (TPSA) is 58.6 Å². The first-order chi connectivity index (χ1) is 16.6. The minimum absolute atomic E-state index is 0.0823. The minimum Gasteiger partial charge on any atom is -0.494 e. The summed E-state index contributed by atoms with van der Waals surface area (Å²) in [5, 5.41) is 2.86. The molecule has 2 amide bonds. The van der Waals surface area contributed by atoms with Gasteiger partial charge in [-0.25, -0.2) is 0 Å². The summed E-state index contributed by atoms with van der Waals surface area (Å²) in [6, 6.07) is 23.2. The van der Waals surface area contributed by atoms with Crippen LogP contribution >= 0.6 is 11.8 Å². The Kier molecular flexibility index (Phi) is 7.91. The normalized spacial score (nSPS) is 15.4. The average Bonchev–Trinajstić information content (AvgIpc) is 3.25. The van der Waals surface area contributed by atoms with Crippen molar-refractivity contribution in [3.05, 3.63) is 89.5 Å². The summed E-state index contributed by atoms with van der Waals surface area (Å²) >= 11 is 1.60. The van der Waals surface area contributed by atoms with Crippen molar-refractivity contribution in [1.29, 1.82) is 0 Å². The predicted molar refractivity (Wildman–Crippen MR) is 140 cm³/mol. The maximum atomic E-state index is 12.7. The Morgan fingerprint density at radius 1 is 1.00 bits per heavy atom. The first-order valence-electron chi connectivity index (χ1n) is 11.8. The number of hydrogen-bond acceptors (Lipinski definition) is 4. The Morgan fingerprint density at radius 3 is 2.35 bits per heavy atom. The van der Waals surface area contributed by atoms with E-state index >= 15 is 0 Å². The van der Waals surface area contributed by atoms with E-state index in [4.69, 9.17) is 4.74 Å². The van der Waals surface area contributed by atoms with Crippen LogP contribution in [0.4, 0.5) is 11.4 Å². The van der Waals surface area contributed by atoms with Crippen LogP contribution in [0.15, 0.2) is 72.8 Å². The van der Waals surface area contributed by atoms with Gasteiger partial charge in [0.15, 0.2) is 0 Å². The fourth-order valence-corrected chi connectivity index (χ4v) is 5.13. The van der Waals surface area contributed by atoms with Crippen molar-refractivity contribution in [3.63, 3.8) is 0 Å². The molecule has 1 N–H and O–H groups in total. The highest BCUT2D eigenvalue weighted by Gasteiger charge is 2.34. The van der Waals surface area contributed by atoms with E-state index in [1.807, 2.05) is 84.6 Å². The first-order valence-corrected chi connectivity index (χ1v) is 12.8. The molecule has 1 saturated heterocycles. The maximum Gasteiger partial charge on any atom is 0.255 e. The van der Waals surface area contributed by atoms with Crippen LogP contribution in [0.5, 0.6) is 5.75 Å². The summed E-state index contributed by atoms with van der Waals surface area (Å²) in [7, 11) is 0. The van der Waals surface area contributed by atoms with Gasteiger partial charge in [-0.15, -0.1) is 11.8 Å². The van der Waals surface area contributed by atoms with Crippen molar-refractivity contribution in [1.82, 2.24) is 0 Å². The molecule has 0 bridgehead atoms. The van der Waals surface area contributed by atoms with Gasteiger partial charge >= 0.3 is 0 Å². The second-order valence-corrected chi connectivity index (χ2v) is 9.30. The standard InChI is InChI=1S/C28H30N2O3S/c1-3-5-6-20-7-9-21(10-8-20)27(32)29-23-13-11-22(12-14-23)28-30(26(31)19-34-28)24-15-17-25(18-16-24)33-4-2/h7-18,28H,3-6,19H2,1-2H3,(H,29,32)/t28-/m1/s1. The number of ether oxygens (including phenoxy) is 1. The number of nitrogens with zero attached hydrogens (tertiary/aromatic N) is 1. The molecule has 0 saturated carbocycles. The lowest BCUT2D eigenvalue weighted by atomic mass is 10.1. The summed E-state index contributed by atoms with van der Waals surface area (Å²) in [4.78, 5) is 27.1. The van der Waals surface area contributed by atoms with Gasteiger partial charge in [0.2, 0.25) is 5.91 Å². The summed E-state index contributed by atoms with van der Waals surface area (Å²) in [5.74, 6) is 1.18.